The fraction of sp³-hybridized carbons (Fsp3) is 0.143. The maximum absolute atomic E-state index is 10.3. The van der Waals surface area contributed by atoms with Crippen LogP contribution in [-0.4, -0.2) is 26.0 Å². The van der Waals surface area contributed by atoms with E-state index < -0.39 is 6.92 Å². The van der Waals surface area contributed by atoms with Crippen LogP contribution < -0.4 is 15.8 Å². The van der Waals surface area contributed by atoms with E-state index in [2.05, 4.69) is 0 Å². The smallest absolute Gasteiger partial charge is 0.358 e. The summed E-state index contributed by atoms with van der Waals surface area (Å²) in [5.74, 6) is 0. The molecule has 2 aromatic carbocycles. The zero-order valence-corrected chi connectivity index (χ0v) is 11.2. The van der Waals surface area contributed by atoms with Crippen LogP contribution >= 0.6 is 11.6 Å². The van der Waals surface area contributed by atoms with E-state index in [0.29, 0.717) is 5.02 Å². The SMILES string of the molecule is CN(C)c1ccc(B(O)c2ccc(Cl)cc2)cc1. The van der Waals surface area contributed by atoms with Crippen LogP contribution in [0.2, 0.25) is 5.02 Å². The lowest BCUT2D eigenvalue weighted by atomic mass is 9.56. The summed E-state index contributed by atoms with van der Waals surface area (Å²) in [6.45, 7) is -0.613. The summed E-state index contributed by atoms with van der Waals surface area (Å²) in [6, 6.07) is 15.1. The molecule has 0 spiro atoms. The Bertz CT molecular complexity index is 510. The van der Waals surface area contributed by atoms with Gasteiger partial charge in [-0.3, -0.25) is 0 Å². The molecule has 0 aliphatic carbocycles. The predicted molar refractivity (Wildman–Crippen MR) is 79.5 cm³/mol. The minimum absolute atomic E-state index is 0.613. The first-order valence-corrected chi connectivity index (χ1v) is 6.16. The number of benzene rings is 2. The normalized spacial score (nSPS) is 10.2. The van der Waals surface area contributed by atoms with Gasteiger partial charge in [0.2, 0.25) is 0 Å². The van der Waals surface area contributed by atoms with E-state index >= 15 is 0 Å². The van der Waals surface area contributed by atoms with Gasteiger partial charge in [0.1, 0.15) is 0 Å². The molecule has 92 valence electrons. The van der Waals surface area contributed by atoms with E-state index in [1.165, 1.54) is 0 Å². The van der Waals surface area contributed by atoms with E-state index in [1.54, 1.807) is 12.1 Å². The molecule has 2 nitrogen and oxygen atoms in total. The molecule has 0 aliphatic rings. The molecule has 18 heavy (non-hydrogen) atoms. The van der Waals surface area contributed by atoms with Crippen LogP contribution in [0, 0.1) is 0 Å². The van der Waals surface area contributed by atoms with Gasteiger partial charge in [0.15, 0.2) is 0 Å². The van der Waals surface area contributed by atoms with Crippen molar-refractivity contribution >= 4 is 35.1 Å². The number of hydrogen-bond acceptors (Lipinski definition) is 2. The predicted octanol–water partition coefficient (Wildman–Crippen LogP) is 1.50. The minimum atomic E-state index is -0.613. The van der Waals surface area contributed by atoms with Gasteiger partial charge in [-0.05, 0) is 35.2 Å². The van der Waals surface area contributed by atoms with Crippen LogP contribution in [-0.2, 0) is 0 Å². The van der Waals surface area contributed by atoms with Crippen molar-refractivity contribution in [3.8, 4) is 0 Å². The molecule has 1 N–H and O–H groups in total. The van der Waals surface area contributed by atoms with Crippen LogP contribution in [0.5, 0.6) is 0 Å². The third-order valence-corrected chi connectivity index (χ3v) is 3.16. The zero-order valence-electron chi connectivity index (χ0n) is 10.5. The molecule has 0 bridgehead atoms. The quantitative estimate of drug-likeness (QED) is 0.845. The fourth-order valence-corrected chi connectivity index (χ4v) is 1.92. The first-order valence-electron chi connectivity index (χ1n) is 5.79. The highest BCUT2D eigenvalue weighted by molar-refractivity contribution is 6.78. The van der Waals surface area contributed by atoms with E-state index in [4.69, 9.17) is 11.6 Å². The van der Waals surface area contributed by atoms with Crippen molar-refractivity contribution in [1.82, 2.24) is 0 Å². The molecule has 0 amide bonds. The molecule has 2 rings (SSSR count). The highest BCUT2D eigenvalue weighted by Crippen LogP contribution is 2.08. The summed E-state index contributed by atoms with van der Waals surface area (Å²) in [6.07, 6.45) is 0. The first-order chi connectivity index (χ1) is 8.58. The number of anilines is 1. The molecular weight excluding hydrogens is 244 g/mol. The minimum Gasteiger partial charge on any atom is -0.443 e. The van der Waals surface area contributed by atoms with Crippen molar-refractivity contribution < 1.29 is 5.02 Å². The molecular formula is C14H15BClNO. The lowest BCUT2D eigenvalue weighted by Crippen LogP contribution is -2.42. The Morgan fingerprint density at radius 3 is 1.78 bits per heavy atom. The molecule has 0 aromatic heterocycles. The van der Waals surface area contributed by atoms with Gasteiger partial charge < -0.3 is 9.92 Å². The lowest BCUT2D eigenvalue weighted by Gasteiger charge is -2.13. The Hall–Kier alpha value is -1.45. The second-order valence-electron chi connectivity index (χ2n) is 4.44. The van der Waals surface area contributed by atoms with Crippen LogP contribution in [0.25, 0.3) is 0 Å². The lowest BCUT2D eigenvalue weighted by molar-refractivity contribution is 0.600. The molecule has 0 heterocycles. The summed E-state index contributed by atoms with van der Waals surface area (Å²) in [4.78, 5) is 2.03. The van der Waals surface area contributed by atoms with E-state index in [9.17, 15) is 5.02 Å². The van der Waals surface area contributed by atoms with Gasteiger partial charge in [-0.2, -0.15) is 0 Å². The second-order valence-corrected chi connectivity index (χ2v) is 4.88. The topological polar surface area (TPSA) is 23.5 Å². The van der Waals surface area contributed by atoms with E-state index in [1.807, 2.05) is 55.4 Å². The molecule has 0 fully saturated rings. The standard InChI is InChI=1S/C14H15BClNO/c1-17(2)14-9-5-12(6-10-14)15(18)11-3-7-13(16)8-4-11/h3-10,18H,1-2H3. The highest BCUT2D eigenvalue weighted by atomic mass is 35.5. The largest absolute Gasteiger partial charge is 0.443 e. The summed E-state index contributed by atoms with van der Waals surface area (Å²) >= 11 is 5.83. The third-order valence-electron chi connectivity index (χ3n) is 2.91. The second kappa shape index (κ2) is 5.47. The van der Waals surface area contributed by atoms with Crippen LogP contribution in [0.3, 0.4) is 0 Å². The monoisotopic (exact) mass is 259 g/mol. The molecule has 4 heteroatoms. The average molecular weight is 260 g/mol. The Kier molecular flexibility index (Phi) is 3.95. The molecule has 0 radical (unpaired) electrons. The van der Waals surface area contributed by atoms with Crippen molar-refractivity contribution in [2.75, 3.05) is 19.0 Å². The maximum Gasteiger partial charge on any atom is 0.358 e. The number of hydrogen-bond donors (Lipinski definition) is 1. The Balaban J connectivity index is 2.23. The van der Waals surface area contributed by atoms with Gasteiger partial charge in [-0.15, -0.1) is 0 Å². The van der Waals surface area contributed by atoms with Crippen molar-refractivity contribution in [2.45, 2.75) is 0 Å². The molecule has 0 saturated heterocycles. The summed E-state index contributed by atoms with van der Waals surface area (Å²) in [5.41, 5.74) is 2.84. The Morgan fingerprint density at radius 2 is 1.33 bits per heavy atom. The van der Waals surface area contributed by atoms with Gasteiger partial charge >= 0.3 is 6.92 Å². The van der Waals surface area contributed by atoms with Crippen molar-refractivity contribution in [3.63, 3.8) is 0 Å². The van der Waals surface area contributed by atoms with Gasteiger partial charge in [-0.25, -0.2) is 0 Å². The number of nitrogens with zero attached hydrogens (tertiary/aromatic N) is 1. The van der Waals surface area contributed by atoms with E-state index in [-0.39, 0.29) is 0 Å². The van der Waals surface area contributed by atoms with Crippen molar-refractivity contribution in [3.05, 3.63) is 53.6 Å². The fourth-order valence-electron chi connectivity index (χ4n) is 1.79. The number of halogens is 1. The third kappa shape index (κ3) is 2.86. The summed E-state index contributed by atoms with van der Waals surface area (Å²) in [7, 11) is 3.98. The molecule has 2 aromatic rings. The Labute approximate surface area is 113 Å². The van der Waals surface area contributed by atoms with Gasteiger partial charge in [-0.1, -0.05) is 35.9 Å². The van der Waals surface area contributed by atoms with E-state index in [0.717, 1.165) is 16.6 Å². The zero-order chi connectivity index (χ0) is 13.1. The molecule has 0 saturated carbocycles. The van der Waals surface area contributed by atoms with Crippen LogP contribution in [0.15, 0.2) is 48.5 Å². The van der Waals surface area contributed by atoms with Gasteiger partial charge in [0, 0.05) is 24.8 Å². The van der Waals surface area contributed by atoms with Crippen LogP contribution in [0.1, 0.15) is 0 Å². The maximum atomic E-state index is 10.3. The van der Waals surface area contributed by atoms with Crippen LogP contribution in [0.4, 0.5) is 5.69 Å². The summed E-state index contributed by atoms with van der Waals surface area (Å²) in [5, 5.41) is 10.9. The molecule has 0 atom stereocenters. The van der Waals surface area contributed by atoms with Gasteiger partial charge in [0.05, 0.1) is 0 Å². The first kappa shape index (κ1) is 13.0. The average Bonchev–Trinajstić information content (AvgIpc) is 2.39. The highest BCUT2D eigenvalue weighted by Gasteiger charge is 2.16. The summed E-state index contributed by atoms with van der Waals surface area (Å²) < 4.78 is 0. The van der Waals surface area contributed by atoms with Gasteiger partial charge in [0.25, 0.3) is 0 Å². The van der Waals surface area contributed by atoms with Crippen molar-refractivity contribution in [1.29, 1.82) is 0 Å². The number of rotatable bonds is 3. The molecule has 0 unspecified atom stereocenters. The van der Waals surface area contributed by atoms with Crippen molar-refractivity contribution in [2.24, 2.45) is 0 Å². The molecule has 0 aliphatic heterocycles. The Morgan fingerprint density at radius 1 is 0.889 bits per heavy atom.